The zero-order valence-corrected chi connectivity index (χ0v) is 30.2. The highest BCUT2D eigenvalue weighted by Gasteiger charge is 2.62. The number of rotatable bonds is 11. The van der Waals surface area contributed by atoms with Gasteiger partial charge in [0, 0.05) is 5.57 Å². The Hall–Kier alpha value is -4.53. The molecular formula is C40H34BrN2O5PS. The minimum absolute atomic E-state index is 0. The van der Waals surface area contributed by atoms with E-state index in [1.165, 1.54) is 4.90 Å². The van der Waals surface area contributed by atoms with Crippen molar-refractivity contribution in [1.82, 2.24) is 10.2 Å². The van der Waals surface area contributed by atoms with Gasteiger partial charge in [0.05, 0.1) is 0 Å². The summed E-state index contributed by atoms with van der Waals surface area (Å²) >= 11 is -1.60. The Labute approximate surface area is 305 Å². The number of amides is 2. The molecule has 0 unspecified atom stereocenters. The number of ether oxygens (including phenoxy) is 1. The Balaban J connectivity index is 0.00000432. The number of halogens is 1. The highest BCUT2D eigenvalue weighted by molar-refractivity contribution is 7.96. The Morgan fingerprint density at radius 2 is 1.20 bits per heavy atom. The summed E-state index contributed by atoms with van der Waals surface area (Å²) in [7, 11) is -2.56. The number of nitrogens with zero attached hydrogens (tertiary/aromatic N) is 1. The van der Waals surface area contributed by atoms with Gasteiger partial charge in [-0.05, 0) is 58.7 Å². The van der Waals surface area contributed by atoms with Gasteiger partial charge < -0.3 is 31.6 Å². The second kappa shape index (κ2) is 15.6. The van der Waals surface area contributed by atoms with Crippen LogP contribution in [0.5, 0.6) is 0 Å². The van der Waals surface area contributed by atoms with E-state index in [0.717, 1.165) is 27.0 Å². The summed E-state index contributed by atoms with van der Waals surface area (Å²) in [5.74, 6) is -1.13. The van der Waals surface area contributed by atoms with Crippen molar-refractivity contribution in [2.45, 2.75) is 17.5 Å². The van der Waals surface area contributed by atoms with Crippen LogP contribution in [0.15, 0.2) is 163 Å². The summed E-state index contributed by atoms with van der Waals surface area (Å²) in [6, 6.07) is 48.5. The summed E-state index contributed by atoms with van der Waals surface area (Å²) in [4.78, 5) is 41.2. The summed E-state index contributed by atoms with van der Waals surface area (Å²) < 4.78 is 20.4. The first-order chi connectivity index (χ1) is 24.0. The smallest absolute Gasteiger partial charge is 0.356 e. The van der Waals surface area contributed by atoms with Crippen molar-refractivity contribution < 1.29 is 40.7 Å². The first kappa shape index (κ1) is 35.3. The maximum atomic E-state index is 14.7. The van der Waals surface area contributed by atoms with Crippen LogP contribution in [-0.2, 0) is 30.3 Å². The first-order valence-electron chi connectivity index (χ1n) is 16.0. The fraction of sp³-hybridized carbons (Fsp3) is 0.125. The van der Waals surface area contributed by atoms with Crippen LogP contribution in [0.3, 0.4) is 0 Å². The Morgan fingerprint density at radius 1 is 0.780 bits per heavy atom. The maximum Gasteiger partial charge on any atom is 0.356 e. The van der Waals surface area contributed by atoms with Gasteiger partial charge in [0.2, 0.25) is 11.8 Å². The molecule has 0 radical (unpaired) electrons. The predicted molar refractivity (Wildman–Crippen MR) is 194 cm³/mol. The van der Waals surface area contributed by atoms with E-state index in [1.807, 2.05) is 115 Å². The number of esters is 1. The van der Waals surface area contributed by atoms with Crippen molar-refractivity contribution in [1.29, 1.82) is 0 Å². The number of fused-ring (bicyclic) bond motifs is 1. The average molecular weight is 766 g/mol. The number of β-lactam (4-membered cyclic amide) rings is 1. The minimum atomic E-state index is -2.56. The highest BCUT2D eigenvalue weighted by atomic mass is 79.9. The van der Waals surface area contributed by atoms with Gasteiger partial charge in [-0.25, -0.2) is 4.79 Å². The molecule has 50 heavy (non-hydrogen) atoms. The van der Waals surface area contributed by atoms with Crippen molar-refractivity contribution in [2.24, 2.45) is 0 Å². The second-order valence-electron chi connectivity index (χ2n) is 11.9. The molecule has 1 N–H and O–H groups in total. The molecule has 0 aliphatic carbocycles. The topological polar surface area (TPSA) is 98.8 Å². The van der Waals surface area contributed by atoms with E-state index in [2.05, 4.69) is 41.7 Å². The number of nitrogens with one attached hydrogen (secondary N) is 1. The number of hydrogen-bond donors (Lipinski definition) is 1. The molecule has 2 aliphatic rings. The Kier molecular flexibility index (Phi) is 11.0. The van der Waals surface area contributed by atoms with Crippen molar-refractivity contribution in [2.75, 3.05) is 11.9 Å². The van der Waals surface area contributed by atoms with Gasteiger partial charge in [0.1, 0.15) is 40.8 Å². The van der Waals surface area contributed by atoms with E-state index in [9.17, 15) is 18.9 Å². The molecule has 2 aliphatic heterocycles. The van der Waals surface area contributed by atoms with Crippen molar-refractivity contribution in [3.63, 3.8) is 0 Å². The first-order valence-corrected chi connectivity index (χ1v) is 19.4. The molecule has 0 aromatic heterocycles. The van der Waals surface area contributed by atoms with Crippen molar-refractivity contribution in [3.8, 4) is 0 Å². The van der Waals surface area contributed by atoms with Gasteiger partial charge in [-0.3, -0.25) is 14.5 Å². The van der Waals surface area contributed by atoms with Gasteiger partial charge in [-0.1, -0.05) is 115 Å². The Morgan fingerprint density at radius 3 is 1.62 bits per heavy atom. The standard InChI is InChI=1S/C40H33N2O5PS.BrH/c43-28-41-35-38(44)42-36(40(45)47-37(29-16-6-1-7-17-29)30-18-8-2-9-19-30)31(27-49(46)39(35)42)26-48(32-20-10-3-11-21-32,33-22-12-4-13-23-33)34-24-14-5-15-25-34;/h1-25,28,35,37,39H,26-27H2;1H/t35-,39-,49+;/m1./s1. The lowest BCUT2D eigenvalue weighted by Gasteiger charge is -2.49. The maximum absolute atomic E-state index is 14.7. The molecule has 1 saturated heterocycles. The van der Waals surface area contributed by atoms with Crippen LogP contribution in [0.25, 0.3) is 0 Å². The monoisotopic (exact) mass is 764 g/mol. The third-order valence-electron chi connectivity index (χ3n) is 9.09. The zero-order valence-electron chi connectivity index (χ0n) is 26.9. The second-order valence-corrected chi connectivity index (χ2v) is 16.9. The number of hydrogen-bond acceptors (Lipinski definition) is 5. The lowest BCUT2D eigenvalue weighted by atomic mass is 10.0. The molecule has 2 amide bonds. The fourth-order valence-electron chi connectivity index (χ4n) is 6.86. The molecule has 7 nitrogen and oxygen atoms in total. The molecule has 0 spiro atoms. The number of carbonyl (C=O) groups is 3. The summed E-state index contributed by atoms with van der Waals surface area (Å²) in [6.45, 7) is 0. The van der Waals surface area contributed by atoms with E-state index in [-0.39, 0.29) is 28.4 Å². The molecule has 252 valence electrons. The molecule has 2 heterocycles. The van der Waals surface area contributed by atoms with Gasteiger partial charge in [-0.15, -0.1) is 0 Å². The highest BCUT2D eigenvalue weighted by Crippen LogP contribution is 2.58. The molecule has 3 atom stereocenters. The molecule has 5 aromatic carbocycles. The molecule has 10 heteroatoms. The van der Waals surface area contributed by atoms with E-state index in [1.54, 1.807) is 0 Å². The van der Waals surface area contributed by atoms with Crippen LogP contribution in [0, 0.1) is 0 Å². The third kappa shape index (κ3) is 6.54. The molecule has 7 rings (SSSR count). The van der Waals surface area contributed by atoms with E-state index in [0.29, 0.717) is 18.1 Å². The lowest BCUT2D eigenvalue weighted by molar-refractivity contribution is -0.154. The van der Waals surface area contributed by atoms with Crippen LogP contribution in [-0.4, -0.2) is 51.1 Å². The predicted octanol–water partition coefficient (Wildman–Crippen LogP) is 1.62. The summed E-state index contributed by atoms with van der Waals surface area (Å²) in [5.41, 5.74) is 2.23. The third-order valence-corrected chi connectivity index (χ3v) is 15.1. The van der Waals surface area contributed by atoms with Crippen LogP contribution >= 0.6 is 7.26 Å². The van der Waals surface area contributed by atoms with Crippen LogP contribution < -0.4 is 38.2 Å². The molecule has 1 fully saturated rings. The van der Waals surface area contributed by atoms with E-state index < -0.39 is 47.8 Å². The lowest BCUT2D eigenvalue weighted by Crippen LogP contribution is -3.00. The quantitative estimate of drug-likeness (QED) is 0.0726. The summed E-state index contributed by atoms with van der Waals surface area (Å²) in [6.07, 6.45) is 0.0308. The minimum Gasteiger partial charge on any atom is -1.00 e. The van der Waals surface area contributed by atoms with Gasteiger partial charge in [0.25, 0.3) is 5.91 Å². The van der Waals surface area contributed by atoms with E-state index >= 15 is 0 Å². The normalized spacial score (nSPS) is 18.4. The fourth-order valence-corrected chi connectivity index (χ4v) is 13.0. The molecular weight excluding hydrogens is 731 g/mol. The van der Waals surface area contributed by atoms with Crippen LogP contribution in [0.2, 0.25) is 0 Å². The largest absolute Gasteiger partial charge is 1.00 e. The number of benzene rings is 5. The van der Waals surface area contributed by atoms with Crippen molar-refractivity contribution >= 4 is 52.6 Å². The molecule has 0 saturated carbocycles. The van der Waals surface area contributed by atoms with E-state index in [4.69, 9.17) is 4.74 Å². The van der Waals surface area contributed by atoms with Crippen molar-refractivity contribution in [3.05, 3.63) is 174 Å². The zero-order chi connectivity index (χ0) is 33.8. The van der Waals surface area contributed by atoms with Gasteiger partial charge in [-0.2, -0.15) is 0 Å². The van der Waals surface area contributed by atoms with Crippen LogP contribution in [0.1, 0.15) is 17.2 Å². The average Bonchev–Trinajstić information content (AvgIpc) is 3.16. The van der Waals surface area contributed by atoms with Gasteiger partial charge in [0.15, 0.2) is 12.1 Å². The molecule has 5 aromatic rings. The Bertz CT molecular complexity index is 1830. The van der Waals surface area contributed by atoms with Crippen LogP contribution in [0.4, 0.5) is 0 Å². The molecule has 0 bridgehead atoms. The summed E-state index contributed by atoms with van der Waals surface area (Å²) in [5, 5.41) is 4.90. The SMILES string of the molecule is O=CN[C@@H]1C(=O)N2C(C(=O)OC(c3ccccc3)c3ccccc3)=C(C[P+](c3ccccc3)(c3ccccc3)c3ccccc3)C[S@+]([O-])[C@H]12.[Br-]. The van der Waals surface area contributed by atoms with Gasteiger partial charge >= 0.3 is 5.97 Å². The number of carbonyl (C=O) groups excluding carboxylic acids is 3.